The molecule has 0 amide bonds. The van der Waals surface area contributed by atoms with E-state index in [0.29, 0.717) is 23.0 Å². The maximum Gasteiger partial charge on any atom is 0.161 e. The normalized spacial score (nSPS) is 10.5. The van der Waals surface area contributed by atoms with Gasteiger partial charge < -0.3 is 18.9 Å². The van der Waals surface area contributed by atoms with E-state index in [4.69, 9.17) is 18.9 Å². The van der Waals surface area contributed by atoms with Crippen LogP contribution in [0.3, 0.4) is 0 Å². The molecule has 0 atom stereocenters. The van der Waals surface area contributed by atoms with Crippen molar-refractivity contribution in [3.63, 3.8) is 0 Å². The van der Waals surface area contributed by atoms with Crippen LogP contribution >= 0.6 is 33.9 Å². The highest BCUT2D eigenvalue weighted by molar-refractivity contribution is 14.1. The minimum absolute atomic E-state index is 0.655. The first kappa shape index (κ1) is 18.7. The Morgan fingerprint density at radius 2 is 1.31 bits per heavy atom. The molecule has 3 rings (SSSR count). The number of rotatable bonds is 6. The molecule has 136 valence electrons. The van der Waals surface area contributed by atoms with Crippen LogP contribution in [0.1, 0.15) is 0 Å². The van der Waals surface area contributed by atoms with Crippen molar-refractivity contribution >= 4 is 33.9 Å². The number of benzene rings is 2. The van der Waals surface area contributed by atoms with Crippen LogP contribution in [-0.2, 0) is 0 Å². The highest BCUT2D eigenvalue weighted by Crippen LogP contribution is 2.40. The van der Waals surface area contributed by atoms with Crippen molar-refractivity contribution in [3.05, 3.63) is 33.9 Å². The molecule has 0 N–H and O–H groups in total. The molecule has 0 aliphatic carbocycles. The smallest absolute Gasteiger partial charge is 0.161 e. The third-order valence-electron chi connectivity index (χ3n) is 3.76. The number of nitrogens with zero attached hydrogens (tertiary/aromatic N) is 2. The van der Waals surface area contributed by atoms with Crippen LogP contribution < -0.4 is 18.9 Å². The van der Waals surface area contributed by atoms with E-state index >= 15 is 0 Å². The zero-order chi connectivity index (χ0) is 18.7. The number of aromatic nitrogens is 2. The second kappa shape index (κ2) is 8.09. The lowest BCUT2D eigenvalue weighted by atomic mass is 10.2. The average Bonchev–Trinajstić information content (AvgIpc) is 3.16. The molecule has 0 unspecified atom stereocenters. The first-order valence-electron chi connectivity index (χ1n) is 7.59. The van der Waals surface area contributed by atoms with Crippen molar-refractivity contribution < 1.29 is 18.9 Å². The summed E-state index contributed by atoms with van der Waals surface area (Å²) < 4.78 is 22.4. The maximum absolute atomic E-state index is 5.40. The number of ether oxygens (including phenoxy) is 4. The van der Waals surface area contributed by atoms with Gasteiger partial charge in [-0.05, 0) is 52.9 Å². The Kier molecular flexibility index (Phi) is 5.82. The van der Waals surface area contributed by atoms with Gasteiger partial charge in [0.15, 0.2) is 23.0 Å². The molecule has 1 heterocycles. The van der Waals surface area contributed by atoms with E-state index in [1.807, 2.05) is 30.3 Å². The van der Waals surface area contributed by atoms with Gasteiger partial charge in [0.25, 0.3) is 0 Å². The van der Waals surface area contributed by atoms with E-state index in [1.165, 1.54) is 11.3 Å². The van der Waals surface area contributed by atoms with Crippen molar-refractivity contribution in [2.24, 2.45) is 0 Å². The minimum atomic E-state index is 0.655. The van der Waals surface area contributed by atoms with Gasteiger partial charge in [0, 0.05) is 14.7 Å². The first-order valence-corrected chi connectivity index (χ1v) is 9.48. The van der Waals surface area contributed by atoms with Crippen LogP contribution in [-0.4, -0.2) is 38.6 Å². The SMILES string of the molecule is COc1ccc(-c2nnc(-c3cc(OC)c(OC)cc3I)s2)cc1OC. The number of methoxy groups -OCH3 is 4. The summed E-state index contributed by atoms with van der Waals surface area (Å²) in [5.74, 6) is 2.67. The summed E-state index contributed by atoms with van der Waals surface area (Å²) in [5.41, 5.74) is 1.87. The van der Waals surface area contributed by atoms with Gasteiger partial charge in [-0.2, -0.15) is 0 Å². The molecule has 6 nitrogen and oxygen atoms in total. The second-order valence-electron chi connectivity index (χ2n) is 5.17. The Balaban J connectivity index is 2.01. The van der Waals surface area contributed by atoms with Crippen LogP contribution in [0.2, 0.25) is 0 Å². The van der Waals surface area contributed by atoms with E-state index in [0.717, 1.165) is 24.7 Å². The molecule has 0 bridgehead atoms. The Labute approximate surface area is 169 Å². The molecule has 2 aromatic carbocycles. The molecule has 0 fully saturated rings. The lowest BCUT2D eigenvalue weighted by Crippen LogP contribution is -1.93. The summed E-state index contributed by atoms with van der Waals surface area (Å²) in [6.45, 7) is 0. The molecule has 0 saturated carbocycles. The van der Waals surface area contributed by atoms with Crippen molar-refractivity contribution in [3.8, 4) is 44.1 Å². The lowest BCUT2D eigenvalue weighted by Gasteiger charge is -2.10. The monoisotopic (exact) mass is 484 g/mol. The van der Waals surface area contributed by atoms with Crippen LogP contribution in [0, 0.1) is 3.57 Å². The van der Waals surface area contributed by atoms with Gasteiger partial charge in [-0.15, -0.1) is 10.2 Å². The van der Waals surface area contributed by atoms with Crippen LogP contribution in [0.5, 0.6) is 23.0 Å². The largest absolute Gasteiger partial charge is 0.493 e. The highest BCUT2D eigenvalue weighted by Gasteiger charge is 2.16. The summed E-state index contributed by atoms with van der Waals surface area (Å²) in [7, 11) is 6.45. The van der Waals surface area contributed by atoms with Gasteiger partial charge in [-0.3, -0.25) is 0 Å². The zero-order valence-corrected chi connectivity index (χ0v) is 17.7. The topological polar surface area (TPSA) is 62.7 Å². The third kappa shape index (κ3) is 3.56. The van der Waals surface area contributed by atoms with Gasteiger partial charge in [0.1, 0.15) is 10.0 Å². The average molecular weight is 484 g/mol. The van der Waals surface area contributed by atoms with Crippen molar-refractivity contribution in [1.29, 1.82) is 0 Å². The summed E-state index contributed by atoms with van der Waals surface area (Å²) in [5, 5.41) is 10.3. The van der Waals surface area contributed by atoms with Gasteiger partial charge in [0.2, 0.25) is 0 Å². The zero-order valence-electron chi connectivity index (χ0n) is 14.7. The highest BCUT2D eigenvalue weighted by atomic mass is 127. The van der Waals surface area contributed by atoms with E-state index < -0.39 is 0 Å². The summed E-state index contributed by atoms with van der Waals surface area (Å²) in [6.07, 6.45) is 0. The Morgan fingerprint density at radius 3 is 1.96 bits per heavy atom. The van der Waals surface area contributed by atoms with E-state index in [-0.39, 0.29) is 0 Å². The summed E-state index contributed by atoms with van der Waals surface area (Å²) in [6, 6.07) is 9.52. The summed E-state index contributed by atoms with van der Waals surface area (Å²) >= 11 is 3.76. The van der Waals surface area contributed by atoms with Crippen LogP contribution in [0.25, 0.3) is 21.1 Å². The third-order valence-corrected chi connectivity index (χ3v) is 5.66. The Bertz CT molecular complexity index is 930. The fourth-order valence-electron chi connectivity index (χ4n) is 2.44. The molecule has 0 aliphatic heterocycles. The molecule has 0 aliphatic rings. The fraction of sp³-hybridized carbons (Fsp3) is 0.222. The predicted octanol–water partition coefficient (Wildman–Crippen LogP) is 4.51. The molecule has 0 spiro atoms. The predicted molar refractivity (Wildman–Crippen MR) is 110 cm³/mol. The lowest BCUT2D eigenvalue weighted by molar-refractivity contribution is 0.355. The second-order valence-corrected chi connectivity index (χ2v) is 7.31. The number of halogens is 1. The molecule has 0 radical (unpaired) electrons. The molecule has 1 aromatic heterocycles. The number of hydrogen-bond donors (Lipinski definition) is 0. The van der Waals surface area contributed by atoms with E-state index in [9.17, 15) is 0 Å². The maximum atomic E-state index is 5.40. The Hall–Kier alpha value is -2.07. The molecule has 0 saturated heterocycles. The van der Waals surface area contributed by atoms with Crippen molar-refractivity contribution in [2.45, 2.75) is 0 Å². The van der Waals surface area contributed by atoms with Gasteiger partial charge >= 0.3 is 0 Å². The van der Waals surface area contributed by atoms with Gasteiger partial charge in [0.05, 0.1) is 28.4 Å². The molecular formula is C18H17IN2O4S. The summed E-state index contributed by atoms with van der Waals surface area (Å²) in [4.78, 5) is 0. The van der Waals surface area contributed by atoms with Gasteiger partial charge in [-0.1, -0.05) is 11.3 Å². The number of hydrogen-bond acceptors (Lipinski definition) is 7. The van der Waals surface area contributed by atoms with Crippen molar-refractivity contribution in [2.75, 3.05) is 28.4 Å². The molecular weight excluding hydrogens is 467 g/mol. The van der Waals surface area contributed by atoms with Crippen LogP contribution in [0.4, 0.5) is 0 Å². The fourth-order valence-corrected chi connectivity index (χ4v) is 4.18. The van der Waals surface area contributed by atoms with E-state index in [2.05, 4.69) is 32.8 Å². The van der Waals surface area contributed by atoms with Crippen LogP contribution in [0.15, 0.2) is 30.3 Å². The molecule has 3 aromatic rings. The van der Waals surface area contributed by atoms with Crippen molar-refractivity contribution in [1.82, 2.24) is 10.2 Å². The van der Waals surface area contributed by atoms with E-state index in [1.54, 1.807) is 28.4 Å². The standard InChI is InChI=1S/C18H17IN2O4S/c1-22-13-6-5-10(7-14(13)23-2)17-20-21-18(26-17)11-8-15(24-3)16(25-4)9-12(11)19/h5-9H,1-4H3. The Morgan fingerprint density at radius 1 is 0.731 bits per heavy atom. The van der Waals surface area contributed by atoms with Gasteiger partial charge in [-0.25, -0.2) is 0 Å². The molecule has 8 heteroatoms. The quantitative estimate of drug-likeness (QED) is 0.480. The first-order chi connectivity index (χ1) is 12.6. The molecule has 26 heavy (non-hydrogen) atoms. The minimum Gasteiger partial charge on any atom is -0.493 e.